The van der Waals surface area contributed by atoms with Crippen LogP contribution in [-0.4, -0.2) is 35.3 Å². The topological polar surface area (TPSA) is 27.7 Å². The van der Waals surface area contributed by atoms with E-state index in [1.165, 1.54) is 0 Å². The van der Waals surface area contributed by atoms with Crippen LogP contribution < -0.4 is 0 Å². The fraction of sp³-hybridized carbons (Fsp3) is 1.00. The second kappa shape index (κ2) is 8.20. The quantitative estimate of drug-likeness (QED) is 0.545. The highest BCUT2D eigenvalue weighted by molar-refractivity contribution is 6.44. The Hall–Kier alpha value is 0.0969. The number of hydrogen-bond donors (Lipinski definition) is 0. The van der Waals surface area contributed by atoms with Crippen molar-refractivity contribution in [3.63, 3.8) is 0 Å². The summed E-state index contributed by atoms with van der Waals surface area (Å²) < 4.78 is 15.9. The van der Waals surface area contributed by atoms with Crippen molar-refractivity contribution in [2.45, 2.75) is 20.8 Å². The number of rotatable bonds is 7. The van der Waals surface area contributed by atoms with E-state index < -0.39 is 9.28 Å². The zero-order chi connectivity index (χ0) is 8.53. The van der Waals surface area contributed by atoms with Gasteiger partial charge in [-0.3, -0.25) is 0 Å². The highest BCUT2D eigenvalue weighted by atomic mass is 28.3. The molecule has 0 bridgehead atoms. The highest BCUT2D eigenvalue weighted by Crippen LogP contribution is 1.90. The summed E-state index contributed by atoms with van der Waals surface area (Å²) in [4.78, 5) is 0. The van der Waals surface area contributed by atoms with Crippen LogP contribution in [0.4, 0.5) is 0 Å². The fourth-order valence-corrected chi connectivity index (χ4v) is 1.90. The van der Waals surface area contributed by atoms with Gasteiger partial charge in [-0.1, -0.05) is 0 Å². The van der Waals surface area contributed by atoms with Crippen LogP contribution in [0.1, 0.15) is 20.8 Å². The van der Waals surface area contributed by atoms with Crippen molar-refractivity contribution in [1.82, 2.24) is 0 Å². The molecule has 0 N–H and O–H groups in total. The molecule has 0 aliphatic heterocycles. The summed E-state index contributed by atoms with van der Waals surface area (Å²) in [5.74, 6) is 0. The summed E-state index contributed by atoms with van der Waals surface area (Å²) in [5, 5.41) is 0. The maximum atomic E-state index is 5.34. The van der Waals surface area contributed by atoms with Gasteiger partial charge in [0.15, 0.2) is 0 Å². The first kappa shape index (κ1) is 11.1. The lowest BCUT2D eigenvalue weighted by Gasteiger charge is -2.12. The second-order valence-electron chi connectivity index (χ2n) is 1.88. The van der Waals surface area contributed by atoms with Gasteiger partial charge in [0.2, 0.25) is 0 Å². The molecule has 0 aromatic rings. The molecule has 0 aromatic carbocycles. The monoisotopic (exact) mass is 177 g/mol. The van der Waals surface area contributed by atoms with Crippen LogP contribution in [0.15, 0.2) is 0 Å². The third-order valence-electron chi connectivity index (χ3n) is 1.03. The lowest BCUT2D eigenvalue weighted by atomic mass is 10.9. The predicted molar refractivity (Wildman–Crippen MR) is 45.5 cm³/mol. The van der Waals surface area contributed by atoms with Crippen molar-refractivity contribution in [2.75, 3.05) is 26.1 Å². The molecule has 0 amide bonds. The Morgan fingerprint density at radius 3 is 1.82 bits per heavy atom. The van der Waals surface area contributed by atoms with E-state index in [1.54, 1.807) is 0 Å². The average molecular weight is 177 g/mol. The zero-order valence-corrected chi connectivity index (χ0v) is 8.55. The first-order chi connectivity index (χ1) is 5.35. The van der Waals surface area contributed by atoms with Crippen LogP contribution in [0, 0.1) is 0 Å². The van der Waals surface area contributed by atoms with E-state index in [0.717, 1.165) is 6.61 Å². The molecular formula is C7H17O3Si. The summed E-state index contributed by atoms with van der Waals surface area (Å²) in [6.45, 7) is 8.06. The van der Waals surface area contributed by atoms with Crippen molar-refractivity contribution >= 4 is 9.28 Å². The van der Waals surface area contributed by atoms with Gasteiger partial charge in [-0.2, -0.15) is 0 Å². The number of ether oxygens (including phenoxy) is 1. The van der Waals surface area contributed by atoms with Gasteiger partial charge in [0.25, 0.3) is 0 Å². The third-order valence-corrected chi connectivity index (χ3v) is 2.70. The second-order valence-corrected chi connectivity index (χ2v) is 3.49. The molecule has 0 aliphatic rings. The first-order valence-electron chi connectivity index (χ1n) is 4.04. The zero-order valence-electron chi connectivity index (χ0n) is 7.55. The van der Waals surface area contributed by atoms with Crippen LogP contribution in [0.3, 0.4) is 0 Å². The Morgan fingerprint density at radius 2 is 1.45 bits per heavy atom. The summed E-state index contributed by atoms with van der Waals surface area (Å²) in [5.41, 5.74) is 0. The average Bonchev–Trinajstić information content (AvgIpc) is 2.01. The standard InChI is InChI=1S/C7H17O3Si/c1-4-8-7-11(9-5-2)10-6-3/h4-7H2,1-3H3. The predicted octanol–water partition coefficient (Wildman–Crippen LogP) is 1.12. The van der Waals surface area contributed by atoms with E-state index in [9.17, 15) is 0 Å². The van der Waals surface area contributed by atoms with Gasteiger partial charge >= 0.3 is 9.28 Å². The molecule has 4 heteroatoms. The maximum Gasteiger partial charge on any atom is 0.413 e. The fourth-order valence-electron chi connectivity index (χ4n) is 0.632. The van der Waals surface area contributed by atoms with Crippen molar-refractivity contribution < 1.29 is 13.6 Å². The lowest BCUT2D eigenvalue weighted by Crippen LogP contribution is -2.29. The molecule has 0 saturated carbocycles. The molecule has 0 unspecified atom stereocenters. The molecular weight excluding hydrogens is 160 g/mol. The minimum atomic E-state index is -1.13. The van der Waals surface area contributed by atoms with E-state index >= 15 is 0 Å². The summed E-state index contributed by atoms with van der Waals surface area (Å²) in [6.07, 6.45) is 0.628. The van der Waals surface area contributed by atoms with E-state index in [1.807, 2.05) is 20.8 Å². The van der Waals surface area contributed by atoms with Crippen molar-refractivity contribution in [1.29, 1.82) is 0 Å². The maximum absolute atomic E-state index is 5.34. The molecule has 0 heterocycles. The molecule has 0 spiro atoms. The van der Waals surface area contributed by atoms with E-state index in [0.29, 0.717) is 19.4 Å². The highest BCUT2D eigenvalue weighted by Gasteiger charge is 2.13. The van der Waals surface area contributed by atoms with Gasteiger partial charge in [0.05, 0.1) is 6.23 Å². The summed E-state index contributed by atoms with van der Waals surface area (Å²) in [7, 11) is -1.13. The number of hydrogen-bond acceptors (Lipinski definition) is 3. The summed E-state index contributed by atoms with van der Waals surface area (Å²) >= 11 is 0. The van der Waals surface area contributed by atoms with Crippen molar-refractivity contribution in [3.8, 4) is 0 Å². The van der Waals surface area contributed by atoms with Gasteiger partial charge in [-0.25, -0.2) is 0 Å². The van der Waals surface area contributed by atoms with Crippen LogP contribution in [0.5, 0.6) is 0 Å². The summed E-state index contributed by atoms with van der Waals surface area (Å²) in [6, 6.07) is 0. The Morgan fingerprint density at radius 1 is 0.909 bits per heavy atom. The van der Waals surface area contributed by atoms with E-state index in [-0.39, 0.29) is 0 Å². The minimum Gasteiger partial charge on any atom is -0.392 e. The molecule has 0 fully saturated rings. The van der Waals surface area contributed by atoms with Crippen LogP contribution in [0.25, 0.3) is 0 Å². The van der Waals surface area contributed by atoms with Crippen LogP contribution in [0.2, 0.25) is 0 Å². The Kier molecular flexibility index (Phi) is 8.27. The smallest absolute Gasteiger partial charge is 0.392 e. The Balaban J connectivity index is 3.34. The van der Waals surface area contributed by atoms with Gasteiger partial charge in [-0.05, 0) is 20.8 Å². The van der Waals surface area contributed by atoms with Crippen molar-refractivity contribution in [3.05, 3.63) is 0 Å². The SMILES string of the molecule is CCOC[Si](OCC)OCC. The van der Waals surface area contributed by atoms with Crippen LogP contribution in [-0.2, 0) is 13.6 Å². The van der Waals surface area contributed by atoms with Crippen molar-refractivity contribution in [2.24, 2.45) is 0 Å². The third kappa shape index (κ3) is 6.49. The molecule has 67 valence electrons. The van der Waals surface area contributed by atoms with Gasteiger partial charge in [0, 0.05) is 19.8 Å². The largest absolute Gasteiger partial charge is 0.413 e. The normalized spacial score (nSPS) is 10.9. The van der Waals surface area contributed by atoms with Gasteiger partial charge in [0.1, 0.15) is 0 Å². The lowest BCUT2D eigenvalue weighted by molar-refractivity contribution is 0.132. The molecule has 0 atom stereocenters. The molecule has 0 saturated heterocycles. The molecule has 3 nitrogen and oxygen atoms in total. The molecule has 11 heavy (non-hydrogen) atoms. The Bertz CT molecular complexity index is 74.1. The van der Waals surface area contributed by atoms with E-state index in [4.69, 9.17) is 13.6 Å². The Labute approximate surface area is 70.5 Å². The van der Waals surface area contributed by atoms with Crippen LogP contribution >= 0.6 is 0 Å². The molecule has 0 aromatic heterocycles. The van der Waals surface area contributed by atoms with Gasteiger partial charge < -0.3 is 13.6 Å². The van der Waals surface area contributed by atoms with E-state index in [2.05, 4.69) is 0 Å². The molecule has 0 rings (SSSR count). The molecule has 1 radical (unpaired) electrons. The minimum absolute atomic E-state index is 0.628. The molecule has 0 aliphatic carbocycles. The first-order valence-corrected chi connectivity index (χ1v) is 5.56. The van der Waals surface area contributed by atoms with Gasteiger partial charge in [-0.15, -0.1) is 0 Å².